The molecule has 236 valence electrons. The minimum Gasteiger partial charge on any atom is -0.472 e. The summed E-state index contributed by atoms with van der Waals surface area (Å²) in [7, 11) is 1.29. The van der Waals surface area contributed by atoms with Gasteiger partial charge < -0.3 is 48.2 Å². The van der Waals surface area contributed by atoms with E-state index in [9.17, 15) is 29.7 Å². The molecule has 4 bridgehead atoms. The Morgan fingerprint density at radius 3 is 2.42 bits per heavy atom. The Labute approximate surface area is 248 Å². The van der Waals surface area contributed by atoms with Crippen molar-refractivity contribution in [3.8, 4) is 0 Å². The molecule has 0 aromatic carbocycles. The van der Waals surface area contributed by atoms with E-state index in [0.29, 0.717) is 18.3 Å². The van der Waals surface area contributed by atoms with Gasteiger partial charge in [-0.25, -0.2) is 0 Å². The molecule has 6 aliphatic rings. The van der Waals surface area contributed by atoms with Crippen LogP contribution in [-0.2, 0) is 38.1 Å². The molecule has 2 saturated heterocycles. The maximum atomic E-state index is 13.1. The first-order valence-electron chi connectivity index (χ1n) is 14.9. The Hall–Kier alpha value is -2.35. The summed E-state index contributed by atoms with van der Waals surface area (Å²) >= 11 is 0. The summed E-state index contributed by atoms with van der Waals surface area (Å²) < 4.78 is 36.7. The number of hydrogen-bond acceptors (Lipinski definition) is 12. The van der Waals surface area contributed by atoms with Crippen molar-refractivity contribution < 1.29 is 57.8 Å². The summed E-state index contributed by atoms with van der Waals surface area (Å²) in [6.07, 6.45) is -0.216. The third-order valence-electron chi connectivity index (χ3n) is 13.0. The number of furan rings is 1. The van der Waals surface area contributed by atoms with Crippen molar-refractivity contribution in [2.24, 2.45) is 28.1 Å². The quantitative estimate of drug-likeness (QED) is 0.306. The molecule has 3 N–H and O–H groups in total. The number of rotatable bonds is 7. The van der Waals surface area contributed by atoms with Crippen LogP contribution in [0.25, 0.3) is 0 Å². The molecule has 7 rings (SSSR count). The summed E-state index contributed by atoms with van der Waals surface area (Å²) in [5, 5.41) is 37.7. The third kappa shape index (κ3) is 2.76. The van der Waals surface area contributed by atoms with Gasteiger partial charge in [0.05, 0.1) is 25.7 Å². The average molecular weight is 605 g/mol. The van der Waals surface area contributed by atoms with E-state index in [4.69, 9.17) is 28.1 Å². The van der Waals surface area contributed by atoms with Crippen LogP contribution in [0.15, 0.2) is 23.0 Å². The zero-order valence-corrected chi connectivity index (χ0v) is 25.2. The van der Waals surface area contributed by atoms with Crippen molar-refractivity contribution in [1.82, 2.24) is 0 Å². The number of carbonyl (C=O) groups is 3. The van der Waals surface area contributed by atoms with Gasteiger partial charge >= 0.3 is 11.9 Å². The molecule has 6 fully saturated rings. The van der Waals surface area contributed by atoms with Crippen molar-refractivity contribution in [3.05, 3.63) is 24.2 Å². The van der Waals surface area contributed by atoms with Crippen LogP contribution in [0.5, 0.6) is 0 Å². The minimum atomic E-state index is -2.24. The first-order chi connectivity index (χ1) is 20.0. The van der Waals surface area contributed by atoms with Crippen LogP contribution in [0.4, 0.5) is 0 Å². The molecule has 0 radical (unpaired) electrons. The van der Waals surface area contributed by atoms with E-state index in [1.807, 2.05) is 20.8 Å². The van der Waals surface area contributed by atoms with E-state index < -0.39 is 86.7 Å². The first kappa shape index (κ1) is 29.4. The lowest BCUT2D eigenvalue weighted by atomic mass is 9.33. The Bertz CT molecular complexity index is 1400. The molecule has 1 aromatic rings. The van der Waals surface area contributed by atoms with Crippen molar-refractivity contribution in [2.75, 3.05) is 7.11 Å². The molecule has 13 atom stereocenters. The molecular formula is C31H40O12. The predicted molar refractivity (Wildman–Crippen MR) is 142 cm³/mol. The first-order valence-corrected chi connectivity index (χ1v) is 14.9. The van der Waals surface area contributed by atoms with E-state index in [1.165, 1.54) is 26.6 Å². The number of ether oxygens (including phenoxy) is 5. The maximum absolute atomic E-state index is 13.1. The number of aliphatic hydroxyl groups excluding tert-OH is 2. The summed E-state index contributed by atoms with van der Waals surface area (Å²) in [6.45, 7) is 8.35. The van der Waals surface area contributed by atoms with Gasteiger partial charge in [-0.1, -0.05) is 20.8 Å². The molecule has 4 saturated carbocycles. The monoisotopic (exact) mass is 604 g/mol. The second-order valence-corrected chi connectivity index (χ2v) is 14.5. The van der Waals surface area contributed by atoms with Crippen LogP contribution in [0, 0.1) is 28.1 Å². The van der Waals surface area contributed by atoms with Crippen LogP contribution < -0.4 is 0 Å². The van der Waals surface area contributed by atoms with Gasteiger partial charge in [0.2, 0.25) is 0 Å². The number of fused-ring (bicyclic) bond motifs is 2. The summed E-state index contributed by atoms with van der Waals surface area (Å²) in [6, 6.07) is 1.64. The number of hydrogen-bond donors (Lipinski definition) is 3. The molecule has 2 spiro atoms. The molecule has 43 heavy (non-hydrogen) atoms. The molecule has 0 amide bonds. The van der Waals surface area contributed by atoms with Crippen molar-refractivity contribution in [3.63, 3.8) is 0 Å². The molecule has 12 nitrogen and oxygen atoms in total. The summed E-state index contributed by atoms with van der Waals surface area (Å²) in [5.41, 5.74) is -9.93. The Balaban J connectivity index is 1.54. The highest BCUT2D eigenvalue weighted by atomic mass is 16.9. The van der Waals surface area contributed by atoms with E-state index >= 15 is 0 Å². The lowest BCUT2D eigenvalue weighted by Crippen LogP contribution is -2.93. The predicted octanol–water partition coefficient (Wildman–Crippen LogP) is 1.93. The van der Waals surface area contributed by atoms with Crippen LogP contribution in [-0.4, -0.2) is 81.2 Å². The molecule has 12 unspecified atom stereocenters. The largest absolute Gasteiger partial charge is 0.472 e. The zero-order valence-electron chi connectivity index (χ0n) is 25.2. The molecule has 12 heteroatoms. The van der Waals surface area contributed by atoms with Crippen LogP contribution in [0.3, 0.4) is 0 Å². The SMILES string of the molecule is COC(=O)CC1C2(C)CC34OC5(C)OC6(C(CC=O)C(C)(C(O)c7ccoc7)CCC6(O5)[C@]13C)C(O)C4(O)C2OC(C)=O. The lowest BCUT2D eigenvalue weighted by molar-refractivity contribution is -0.478. The Kier molecular flexibility index (Phi) is 5.64. The van der Waals surface area contributed by atoms with Gasteiger partial charge in [-0.15, -0.1) is 0 Å². The van der Waals surface area contributed by atoms with Crippen LogP contribution in [0.1, 0.15) is 78.4 Å². The molecule has 3 heterocycles. The lowest BCUT2D eigenvalue weighted by Gasteiger charge is -2.76. The highest BCUT2D eigenvalue weighted by Gasteiger charge is 3.03. The smallest absolute Gasteiger partial charge is 0.305 e. The Morgan fingerprint density at radius 1 is 1.12 bits per heavy atom. The third-order valence-corrected chi connectivity index (χ3v) is 13.0. The average Bonchev–Trinajstić information content (AvgIpc) is 3.64. The zero-order chi connectivity index (χ0) is 31.2. The van der Waals surface area contributed by atoms with Gasteiger partial charge in [0, 0.05) is 54.4 Å². The van der Waals surface area contributed by atoms with Gasteiger partial charge in [0.1, 0.15) is 35.3 Å². The fraction of sp³-hybridized carbons (Fsp3) is 0.774. The van der Waals surface area contributed by atoms with E-state index in [1.54, 1.807) is 13.0 Å². The van der Waals surface area contributed by atoms with Gasteiger partial charge in [-0.3, -0.25) is 9.59 Å². The van der Waals surface area contributed by atoms with Gasteiger partial charge in [-0.05, 0) is 31.2 Å². The van der Waals surface area contributed by atoms with E-state index in [-0.39, 0.29) is 25.7 Å². The minimum absolute atomic E-state index is 0.107. The maximum Gasteiger partial charge on any atom is 0.305 e. The topological polar surface area (TPSA) is 171 Å². The molecule has 1 aromatic heterocycles. The molecule has 2 aliphatic heterocycles. The highest BCUT2D eigenvalue weighted by molar-refractivity contribution is 5.71. The number of methoxy groups -OCH3 is 1. The summed E-state index contributed by atoms with van der Waals surface area (Å²) in [5.74, 6) is -4.52. The fourth-order valence-corrected chi connectivity index (χ4v) is 11.7. The van der Waals surface area contributed by atoms with E-state index in [0.717, 1.165) is 0 Å². The summed E-state index contributed by atoms with van der Waals surface area (Å²) in [4.78, 5) is 38.1. The van der Waals surface area contributed by atoms with E-state index in [2.05, 4.69) is 0 Å². The van der Waals surface area contributed by atoms with Crippen LogP contribution >= 0.6 is 0 Å². The number of esters is 2. The highest BCUT2D eigenvalue weighted by Crippen LogP contribution is 2.89. The van der Waals surface area contributed by atoms with Gasteiger partial charge in [0.25, 0.3) is 5.97 Å². The molecular weight excluding hydrogens is 564 g/mol. The number of aldehydes is 1. The van der Waals surface area contributed by atoms with Crippen molar-refractivity contribution >= 4 is 18.2 Å². The standard InChI is InChI=1S/C31H40O12/c1-16(33)40-23-25(3)15-29-26(4,19(25)13-20(34)38-6)28-10-9-24(2,21(35)17-8-12-39-14-17)18(7-11-32)31(28,22(36)30(23,29)37)43-27(5,41-28)42-29/h8,11-12,14,18-19,21-23,35-37H,7,9-10,13,15H2,1-6H3/t18?,19?,21?,22?,23?,24?,25?,26-,27?,28?,29?,30?,31?/m0/s1. The van der Waals surface area contributed by atoms with Gasteiger partial charge in [0.15, 0.2) is 5.60 Å². The normalized spacial score (nSPS) is 54.3. The second kappa shape index (κ2) is 8.27. The number of aliphatic hydroxyl groups is 3. The van der Waals surface area contributed by atoms with Gasteiger partial charge in [-0.2, -0.15) is 0 Å². The number of carbonyl (C=O) groups excluding carboxylic acids is 3. The van der Waals surface area contributed by atoms with Crippen molar-refractivity contribution in [1.29, 1.82) is 0 Å². The van der Waals surface area contributed by atoms with Crippen molar-refractivity contribution in [2.45, 2.75) is 113 Å². The fourth-order valence-electron chi connectivity index (χ4n) is 11.7. The second-order valence-electron chi connectivity index (χ2n) is 14.5. The van der Waals surface area contributed by atoms with Crippen LogP contribution in [0.2, 0.25) is 0 Å². The molecule has 4 aliphatic carbocycles. The Morgan fingerprint density at radius 2 is 1.81 bits per heavy atom.